The van der Waals surface area contributed by atoms with Gasteiger partial charge in [0.15, 0.2) is 0 Å². The number of hydrogen-bond donors (Lipinski definition) is 2. The molecule has 1 fully saturated rings. The first-order valence-corrected chi connectivity index (χ1v) is 9.89. The van der Waals surface area contributed by atoms with Crippen molar-refractivity contribution in [1.82, 2.24) is 10.0 Å². The van der Waals surface area contributed by atoms with Gasteiger partial charge in [0.2, 0.25) is 15.9 Å². The molecule has 0 aliphatic carbocycles. The molecule has 1 saturated heterocycles. The molecule has 0 spiro atoms. The van der Waals surface area contributed by atoms with Crippen LogP contribution in [-0.4, -0.2) is 33.5 Å². The van der Waals surface area contributed by atoms with Crippen LogP contribution in [0.4, 0.5) is 0 Å². The Morgan fingerprint density at radius 3 is 2.92 bits per heavy atom. The Morgan fingerprint density at radius 1 is 1.32 bits per heavy atom. The molecule has 0 aromatic heterocycles. The third-order valence-corrected chi connectivity index (χ3v) is 5.86. The van der Waals surface area contributed by atoms with Crippen LogP contribution in [0, 0.1) is 0 Å². The summed E-state index contributed by atoms with van der Waals surface area (Å²) in [7, 11) is -3.89. The second-order valence-corrected chi connectivity index (χ2v) is 8.05. The van der Waals surface area contributed by atoms with Crippen LogP contribution in [0.15, 0.2) is 34.9 Å². The molecular weight excluding hydrogens is 368 g/mol. The summed E-state index contributed by atoms with van der Waals surface area (Å²) in [4.78, 5) is 21.9. The fourth-order valence-corrected chi connectivity index (χ4v) is 4.46. The first kappa shape index (κ1) is 18.2. The first-order chi connectivity index (χ1) is 12.0. The zero-order valence-electron chi connectivity index (χ0n) is 13.5. The van der Waals surface area contributed by atoms with Crippen LogP contribution < -0.4 is 10.0 Å². The van der Waals surface area contributed by atoms with Crippen LogP contribution in [0.25, 0.3) is 0 Å². The standard InChI is InChI=1S/C16H19ClN2O5S/c17-12-4-5-15(11(9-12)10-13-6-8-23-24-13)25(21,22)19-14-3-1-2-7-18-16(14)20/h4-6,9,14,19H,1-3,7-8,10H2,(H,18,20). The third-order valence-electron chi connectivity index (χ3n) is 4.05. The zero-order valence-corrected chi connectivity index (χ0v) is 15.0. The van der Waals surface area contributed by atoms with Gasteiger partial charge in [-0.05, 0) is 49.1 Å². The van der Waals surface area contributed by atoms with E-state index in [2.05, 4.69) is 10.0 Å². The van der Waals surface area contributed by atoms with E-state index in [0.29, 0.717) is 35.9 Å². The summed E-state index contributed by atoms with van der Waals surface area (Å²) in [6.07, 6.45) is 4.03. The van der Waals surface area contributed by atoms with E-state index in [0.717, 1.165) is 12.8 Å². The number of nitrogens with one attached hydrogen (secondary N) is 2. The van der Waals surface area contributed by atoms with Gasteiger partial charge in [-0.3, -0.25) is 4.79 Å². The quantitative estimate of drug-likeness (QED) is 0.751. The lowest BCUT2D eigenvalue weighted by molar-refractivity contribution is -0.234. The van der Waals surface area contributed by atoms with Crippen molar-refractivity contribution < 1.29 is 23.0 Å². The van der Waals surface area contributed by atoms with Crippen molar-refractivity contribution in [2.75, 3.05) is 13.2 Å². The molecule has 1 unspecified atom stereocenters. The fraction of sp³-hybridized carbons (Fsp3) is 0.438. The highest BCUT2D eigenvalue weighted by Crippen LogP contribution is 2.25. The Labute approximate surface area is 151 Å². The number of amides is 1. The van der Waals surface area contributed by atoms with Gasteiger partial charge in [0, 0.05) is 18.0 Å². The number of benzene rings is 1. The van der Waals surface area contributed by atoms with Gasteiger partial charge in [-0.2, -0.15) is 9.61 Å². The van der Waals surface area contributed by atoms with E-state index in [9.17, 15) is 13.2 Å². The smallest absolute Gasteiger partial charge is 0.241 e. The summed E-state index contributed by atoms with van der Waals surface area (Å²) < 4.78 is 28.2. The number of rotatable bonds is 5. The highest BCUT2D eigenvalue weighted by atomic mass is 35.5. The molecule has 3 rings (SSSR count). The average molecular weight is 387 g/mol. The highest BCUT2D eigenvalue weighted by molar-refractivity contribution is 7.89. The Kier molecular flexibility index (Phi) is 5.63. The summed E-state index contributed by atoms with van der Waals surface area (Å²) in [5.74, 6) is 0.220. The van der Waals surface area contributed by atoms with E-state index >= 15 is 0 Å². The maximum absolute atomic E-state index is 12.8. The van der Waals surface area contributed by atoms with Crippen LogP contribution in [0.2, 0.25) is 5.02 Å². The molecule has 2 aliphatic rings. The summed E-state index contributed by atoms with van der Waals surface area (Å²) in [5, 5.41) is 3.14. The minimum Gasteiger partial charge on any atom is -0.355 e. The molecule has 2 aliphatic heterocycles. The second-order valence-electron chi connectivity index (χ2n) is 5.93. The van der Waals surface area contributed by atoms with Gasteiger partial charge in [0.05, 0.1) is 4.90 Å². The number of hydrogen-bond acceptors (Lipinski definition) is 5. The van der Waals surface area contributed by atoms with Crippen molar-refractivity contribution >= 4 is 27.5 Å². The van der Waals surface area contributed by atoms with Crippen molar-refractivity contribution in [2.24, 2.45) is 0 Å². The maximum Gasteiger partial charge on any atom is 0.241 e. The van der Waals surface area contributed by atoms with Crippen LogP contribution in [0.5, 0.6) is 0 Å². The number of carbonyl (C=O) groups is 1. The van der Waals surface area contributed by atoms with Crippen LogP contribution >= 0.6 is 11.6 Å². The van der Waals surface area contributed by atoms with Gasteiger partial charge in [0.25, 0.3) is 0 Å². The molecule has 1 atom stereocenters. The van der Waals surface area contributed by atoms with Gasteiger partial charge >= 0.3 is 0 Å². The number of allylic oxidation sites excluding steroid dienone is 1. The van der Waals surface area contributed by atoms with Gasteiger partial charge in [-0.1, -0.05) is 11.6 Å². The van der Waals surface area contributed by atoms with Gasteiger partial charge in [-0.15, -0.1) is 0 Å². The summed E-state index contributed by atoms with van der Waals surface area (Å²) in [6.45, 7) is 0.882. The topological polar surface area (TPSA) is 93.7 Å². The van der Waals surface area contributed by atoms with E-state index in [-0.39, 0.29) is 17.2 Å². The molecule has 9 heteroatoms. The second kappa shape index (κ2) is 7.74. The predicted octanol–water partition coefficient (Wildman–Crippen LogP) is 1.68. The Hall–Kier alpha value is -1.61. The van der Waals surface area contributed by atoms with E-state index in [4.69, 9.17) is 21.4 Å². The molecule has 1 aromatic carbocycles. The SMILES string of the molecule is O=C1NCCCCC1NS(=O)(=O)c1ccc(Cl)cc1CC1=CCOO1. The molecule has 0 radical (unpaired) electrons. The largest absolute Gasteiger partial charge is 0.355 e. The molecule has 25 heavy (non-hydrogen) atoms. The lowest BCUT2D eigenvalue weighted by atomic mass is 10.1. The number of halogens is 1. The molecule has 1 aromatic rings. The molecule has 7 nitrogen and oxygen atoms in total. The number of sulfonamides is 1. The molecule has 1 amide bonds. The third kappa shape index (κ3) is 4.52. The molecule has 136 valence electrons. The van der Waals surface area contributed by atoms with Crippen molar-refractivity contribution in [3.63, 3.8) is 0 Å². The maximum atomic E-state index is 12.8. The van der Waals surface area contributed by atoms with Gasteiger partial charge < -0.3 is 10.2 Å². The molecule has 0 bridgehead atoms. The van der Waals surface area contributed by atoms with E-state index in [1.165, 1.54) is 12.1 Å². The van der Waals surface area contributed by atoms with Crippen LogP contribution in [0.3, 0.4) is 0 Å². The summed E-state index contributed by atoms with van der Waals surface area (Å²) >= 11 is 6.02. The molecule has 2 heterocycles. The average Bonchev–Trinajstić information content (AvgIpc) is 2.98. The van der Waals surface area contributed by atoms with Crippen molar-refractivity contribution in [1.29, 1.82) is 0 Å². The Bertz CT molecular complexity index is 794. The zero-order chi connectivity index (χ0) is 17.9. The Balaban J connectivity index is 1.86. The van der Waals surface area contributed by atoms with Crippen molar-refractivity contribution in [3.8, 4) is 0 Å². The Morgan fingerprint density at radius 2 is 2.16 bits per heavy atom. The molecule has 2 N–H and O–H groups in total. The van der Waals surface area contributed by atoms with E-state index in [1.807, 2.05) is 0 Å². The first-order valence-electron chi connectivity index (χ1n) is 8.03. The molecular formula is C16H19ClN2O5S. The van der Waals surface area contributed by atoms with Gasteiger partial charge in [0.1, 0.15) is 18.4 Å². The highest BCUT2D eigenvalue weighted by Gasteiger charge is 2.28. The van der Waals surface area contributed by atoms with E-state index < -0.39 is 16.1 Å². The lowest BCUT2D eigenvalue weighted by Gasteiger charge is -2.17. The predicted molar refractivity (Wildman–Crippen MR) is 91.2 cm³/mol. The van der Waals surface area contributed by atoms with Crippen LogP contribution in [0.1, 0.15) is 24.8 Å². The normalized spacial score (nSPS) is 21.2. The monoisotopic (exact) mass is 386 g/mol. The number of carbonyl (C=O) groups excluding carboxylic acids is 1. The van der Waals surface area contributed by atoms with Crippen molar-refractivity contribution in [3.05, 3.63) is 40.6 Å². The minimum atomic E-state index is -3.89. The van der Waals surface area contributed by atoms with Gasteiger partial charge in [-0.25, -0.2) is 8.42 Å². The summed E-state index contributed by atoms with van der Waals surface area (Å²) in [5.41, 5.74) is 0.478. The lowest BCUT2D eigenvalue weighted by Crippen LogP contribution is -2.45. The van der Waals surface area contributed by atoms with Crippen LogP contribution in [-0.2, 0) is 31.0 Å². The van der Waals surface area contributed by atoms with Crippen molar-refractivity contribution in [2.45, 2.75) is 36.6 Å². The summed E-state index contributed by atoms with van der Waals surface area (Å²) in [6, 6.07) is 3.74. The fourth-order valence-electron chi connectivity index (χ4n) is 2.81. The molecule has 0 saturated carbocycles. The van der Waals surface area contributed by atoms with E-state index in [1.54, 1.807) is 12.1 Å². The minimum absolute atomic E-state index is 0.0744.